The highest BCUT2D eigenvalue weighted by molar-refractivity contribution is 7.89. The third kappa shape index (κ3) is 5.92. The number of nitrogens with zero attached hydrogens (tertiary/aromatic N) is 1. The van der Waals surface area contributed by atoms with Crippen molar-refractivity contribution in [3.05, 3.63) is 23.8 Å². The number of carbonyl (C=O) groups excluding carboxylic acids is 1. The van der Waals surface area contributed by atoms with Crippen molar-refractivity contribution >= 4 is 15.9 Å². The first-order valence-electron chi connectivity index (χ1n) is 9.55. The van der Waals surface area contributed by atoms with E-state index in [1.54, 1.807) is 6.07 Å². The Balaban J connectivity index is 2.16. The Morgan fingerprint density at radius 2 is 1.89 bits per heavy atom. The lowest BCUT2D eigenvalue weighted by molar-refractivity contribution is 0.0941. The number of methoxy groups -OCH3 is 1. The molecule has 0 atom stereocenters. The first-order valence-corrected chi connectivity index (χ1v) is 11.0. The number of hydrogen-bond donors (Lipinski definition) is 1. The largest absolute Gasteiger partial charge is 0.496 e. The van der Waals surface area contributed by atoms with E-state index in [1.807, 2.05) is 6.92 Å². The summed E-state index contributed by atoms with van der Waals surface area (Å²) < 4.78 is 38.0. The first-order chi connectivity index (χ1) is 13.0. The summed E-state index contributed by atoms with van der Waals surface area (Å²) in [6.07, 6.45) is 4.51. The molecule has 0 aromatic heterocycles. The molecule has 1 aromatic rings. The molecular formula is C19H30N2O5S. The van der Waals surface area contributed by atoms with E-state index in [-0.39, 0.29) is 16.4 Å². The van der Waals surface area contributed by atoms with Gasteiger partial charge in [0.05, 0.1) is 17.6 Å². The third-order valence-electron chi connectivity index (χ3n) is 4.57. The van der Waals surface area contributed by atoms with Gasteiger partial charge in [0.15, 0.2) is 0 Å². The maximum atomic E-state index is 13.0. The molecule has 0 saturated carbocycles. The fourth-order valence-corrected chi connectivity index (χ4v) is 4.62. The zero-order valence-electron chi connectivity index (χ0n) is 16.2. The molecule has 1 aromatic carbocycles. The number of rotatable bonds is 9. The van der Waals surface area contributed by atoms with Crippen LogP contribution < -0.4 is 10.1 Å². The van der Waals surface area contributed by atoms with Gasteiger partial charge in [-0.1, -0.05) is 12.8 Å². The van der Waals surface area contributed by atoms with Crippen LogP contribution in [0.3, 0.4) is 0 Å². The lowest BCUT2D eigenvalue weighted by atomic mass is 10.2. The Labute approximate surface area is 162 Å². The molecular weight excluding hydrogens is 368 g/mol. The lowest BCUT2D eigenvalue weighted by Crippen LogP contribution is -2.32. The average molecular weight is 399 g/mol. The van der Waals surface area contributed by atoms with Gasteiger partial charge in [-0.25, -0.2) is 8.42 Å². The number of sulfonamides is 1. The molecule has 0 bridgehead atoms. The molecule has 152 valence electrons. The van der Waals surface area contributed by atoms with Crippen LogP contribution in [0.2, 0.25) is 0 Å². The summed E-state index contributed by atoms with van der Waals surface area (Å²) >= 11 is 0. The van der Waals surface area contributed by atoms with Crippen molar-refractivity contribution in [1.29, 1.82) is 0 Å². The van der Waals surface area contributed by atoms with Gasteiger partial charge < -0.3 is 14.8 Å². The van der Waals surface area contributed by atoms with Crippen molar-refractivity contribution in [1.82, 2.24) is 9.62 Å². The van der Waals surface area contributed by atoms with Gasteiger partial charge in [0.25, 0.3) is 5.91 Å². The minimum Gasteiger partial charge on any atom is -0.496 e. The molecule has 2 rings (SSSR count). The second-order valence-electron chi connectivity index (χ2n) is 6.49. The van der Waals surface area contributed by atoms with Gasteiger partial charge in [0, 0.05) is 32.8 Å². The molecule has 8 heteroatoms. The summed E-state index contributed by atoms with van der Waals surface area (Å²) in [6.45, 7) is 4.61. The molecule has 1 N–H and O–H groups in total. The second kappa shape index (κ2) is 10.6. The highest BCUT2D eigenvalue weighted by atomic mass is 32.2. The standard InChI is InChI=1S/C19H30N2O5S/c1-3-26-14-8-11-20-19(22)17-15-16(9-10-18(17)25-2)27(23,24)21-12-6-4-5-7-13-21/h9-10,15H,3-8,11-14H2,1-2H3,(H,20,22). The molecule has 1 saturated heterocycles. The number of benzene rings is 1. The molecule has 0 spiro atoms. The van der Waals surface area contributed by atoms with Crippen LogP contribution in [0, 0.1) is 0 Å². The summed E-state index contributed by atoms with van der Waals surface area (Å²) in [5, 5.41) is 2.79. The molecule has 0 radical (unpaired) electrons. The highest BCUT2D eigenvalue weighted by Gasteiger charge is 2.27. The van der Waals surface area contributed by atoms with E-state index in [2.05, 4.69) is 5.32 Å². The maximum absolute atomic E-state index is 13.0. The Morgan fingerprint density at radius 1 is 1.19 bits per heavy atom. The van der Waals surface area contributed by atoms with Gasteiger partial charge in [0.1, 0.15) is 5.75 Å². The zero-order chi connectivity index (χ0) is 19.7. The minimum absolute atomic E-state index is 0.129. The monoisotopic (exact) mass is 398 g/mol. The van der Waals surface area contributed by atoms with E-state index in [9.17, 15) is 13.2 Å². The molecule has 0 aliphatic carbocycles. The van der Waals surface area contributed by atoms with Crippen LogP contribution in [0.25, 0.3) is 0 Å². The second-order valence-corrected chi connectivity index (χ2v) is 8.42. The fourth-order valence-electron chi connectivity index (χ4n) is 3.07. The highest BCUT2D eigenvalue weighted by Crippen LogP contribution is 2.26. The van der Waals surface area contributed by atoms with Crippen molar-refractivity contribution in [3.8, 4) is 5.75 Å². The van der Waals surface area contributed by atoms with E-state index >= 15 is 0 Å². The van der Waals surface area contributed by atoms with E-state index in [1.165, 1.54) is 23.5 Å². The van der Waals surface area contributed by atoms with E-state index in [4.69, 9.17) is 9.47 Å². The van der Waals surface area contributed by atoms with Gasteiger partial charge in [-0.3, -0.25) is 4.79 Å². The number of nitrogens with one attached hydrogen (secondary N) is 1. The normalized spacial score (nSPS) is 15.9. The maximum Gasteiger partial charge on any atom is 0.255 e. The van der Waals surface area contributed by atoms with Crippen molar-refractivity contribution < 1.29 is 22.7 Å². The number of amides is 1. The molecule has 27 heavy (non-hydrogen) atoms. The predicted octanol–water partition coefficient (Wildman–Crippen LogP) is 2.42. The quantitative estimate of drug-likeness (QED) is 0.646. The molecule has 1 heterocycles. The van der Waals surface area contributed by atoms with E-state index in [0.29, 0.717) is 45.0 Å². The summed E-state index contributed by atoms with van der Waals surface area (Å²) in [4.78, 5) is 12.7. The molecule has 1 amide bonds. The van der Waals surface area contributed by atoms with Crippen LogP contribution in [0.5, 0.6) is 5.75 Å². The van der Waals surface area contributed by atoms with Gasteiger partial charge in [-0.05, 0) is 44.4 Å². The average Bonchev–Trinajstić information content (AvgIpc) is 2.97. The van der Waals surface area contributed by atoms with Gasteiger partial charge >= 0.3 is 0 Å². The van der Waals surface area contributed by atoms with Gasteiger partial charge in [-0.2, -0.15) is 4.31 Å². The number of carbonyl (C=O) groups is 1. The van der Waals surface area contributed by atoms with Crippen molar-refractivity contribution in [3.63, 3.8) is 0 Å². The SMILES string of the molecule is CCOCCCNC(=O)c1cc(S(=O)(=O)N2CCCCCC2)ccc1OC. The van der Waals surface area contributed by atoms with Crippen LogP contribution in [-0.4, -0.2) is 58.6 Å². The number of hydrogen-bond acceptors (Lipinski definition) is 5. The van der Waals surface area contributed by atoms with Gasteiger partial charge in [-0.15, -0.1) is 0 Å². The molecule has 7 nitrogen and oxygen atoms in total. The number of ether oxygens (including phenoxy) is 2. The first kappa shape index (κ1) is 21.7. The summed E-state index contributed by atoms with van der Waals surface area (Å²) in [5.41, 5.74) is 0.227. The van der Waals surface area contributed by atoms with Crippen molar-refractivity contribution in [2.45, 2.75) is 43.9 Å². The fraction of sp³-hybridized carbons (Fsp3) is 0.632. The van der Waals surface area contributed by atoms with E-state index in [0.717, 1.165) is 25.7 Å². The molecule has 1 aliphatic heterocycles. The minimum atomic E-state index is -3.62. The van der Waals surface area contributed by atoms with Crippen LogP contribution in [-0.2, 0) is 14.8 Å². The molecule has 1 aliphatic rings. The summed E-state index contributed by atoms with van der Waals surface area (Å²) in [6, 6.07) is 4.46. The van der Waals surface area contributed by atoms with E-state index < -0.39 is 10.0 Å². The zero-order valence-corrected chi connectivity index (χ0v) is 17.0. The smallest absolute Gasteiger partial charge is 0.255 e. The van der Waals surface area contributed by atoms with Crippen LogP contribution >= 0.6 is 0 Å². The van der Waals surface area contributed by atoms with Crippen LogP contribution in [0.1, 0.15) is 49.4 Å². The topological polar surface area (TPSA) is 84.9 Å². The Morgan fingerprint density at radius 3 is 2.52 bits per heavy atom. The van der Waals surface area contributed by atoms with Gasteiger partial charge in [0.2, 0.25) is 10.0 Å². The van der Waals surface area contributed by atoms with Crippen LogP contribution in [0.15, 0.2) is 23.1 Å². The Kier molecular flexibility index (Phi) is 8.53. The van der Waals surface area contributed by atoms with Crippen molar-refractivity contribution in [2.24, 2.45) is 0 Å². The van der Waals surface area contributed by atoms with Crippen LogP contribution in [0.4, 0.5) is 0 Å². The predicted molar refractivity (Wildman–Crippen MR) is 104 cm³/mol. The summed E-state index contributed by atoms with van der Waals surface area (Å²) in [5.74, 6) is 0.00314. The lowest BCUT2D eigenvalue weighted by Gasteiger charge is -2.20. The Hall–Kier alpha value is -1.64. The molecule has 1 fully saturated rings. The summed E-state index contributed by atoms with van der Waals surface area (Å²) in [7, 11) is -2.16. The third-order valence-corrected chi connectivity index (χ3v) is 6.47. The van der Waals surface area contributed by atoms with Crippen molar-refractivity contribution in [2.75, 3.05) is 40.0 Å². The molecule has 0 unspecified atom stereocenters. The Bertz CT molecular complexity index is 713.